The van der Waals surface area contributed by atoms with E-state index in [1.807, 2.05) is 25.1 Å². The van der Waals surface area contributed by atoms with Gasteiger partial charge in [-0.25, -0.2) is 0 Å². The lowest BCUT2D eigenvalue weighted by atomic mass is 9.86. The number of ether oxygens (including phenoxy) is 3. The topological polar surface area (TPSA) is 56.8 Å². The largest absolute Gasteiger partial charge is 0.495 e. The number of aryl methyl sites for hydroxylation is 1. The Morgan fingerprint density at radius 1 is 1.04 bits per heavy atom. The average molecular weight is 392 g/mol. The first kappa shape index (κ1) is 20.9. The Bertz CT molecular complexity index is 828. The van der Waals surface area contributed by atoms with E-state index in [0.29, 0.717) is 28.0 Å². The van der Waals surface area contributed by atoms with Crippen LogP contribution in [0, 0.1) is 6.92 Å². The van der Waals surface area contributed by atoms with Crippen molar-refractivity contribution in [3.63, 3.8) is 0 Å². The maximum Gasteiger partial charge on any atom is 0.262 e. The van der Waals surface area contributed by atoms with Crippen LogP contribution in [0.4, 0.5) is 5.69 Å². The molecule has 0 bridgehead atoms. The van der Waals surface area contributed by atoms with E-state index in [0.717, 1.165) is 11.1 Å². The summed E-state index contributed by atoms with van der Waals surface area (Å²) in [6, 6.07) is 9.23. The highest BCUT2D eigenvalue weighted by atomic mass is 35.5. The van der Waals surface area contributed by atoms with Gasteiger partial charge in [-0.1, -0.05) is 44.5 Å². The van der Waals surface area contributed by atoms with Crippen molar-refractivity contribution >= 4 is 23.2 Å². The molecule has 0 atom stereocenters. The summed E-state index contributed by atoms with van der Waals surface area (Å²) in [5.41, 5.74) is 2.49. The predicted octanol–water partition coefficient (Wildman–Crippen LogP) is 4.98. The third-order valence-corrected chi connectivity index (χ3v) is 4.35. The van der Waals surface area contributed by atoms with E-state index in [-0.39, 0.29) is 17.9 Å². The molecule has 0 saturated heterocycles. The van der Waals surface area contributed by atoms with E-state index in [1.165, 1.54) is 14.2 Å². The molecule has 146 valence electrons. The number of carbonyl (C=O) groups excluding carboxylic acids is 1. The maximum atomic E-state index is 12.4. The van der Waals surface area contributed by atoms with Crippen LogP contribution < -0.4 is 19.5 Å². The summed E-state index contributed by atoms with van der Waals surface area (Å²) in [5.74, 6) is 1.29. The van der Waals surface area contributed by atoms with Crippen molar-refractivity contribution in [3.05, 3.63) is 46.5 Å². The van der Waals surface area contributed by atoms with Crippen LogP contribution in [0.1, 0.15) is 31.9 Å². The maximum absolute atomic E-state index is 12.4. The molecule has 0 aliphatic rings. The molecule has 0 aliphatic carbocycles. The Balaban J connectivity index is 2.15. The zero-order chi connectivity index (χ0) is 20.2. The fourth-order valence-electron chi connectivity index (χ4n) is 2.66. The monoisotopic (exact) mass is 391 g/mol. The van der Waals surface area contributed by atoms with Gasteiger partial charge in [-0.05, 0) is 29.5 Å². The minimum absolute atomic E-state index is 0.0910. The van der Waals surface area contributed by atoms with Crippen LogP contribution in [0.15, 0.2) is 30.3 Å². The van der Waals surface area contributed by atoms with E-state index in [9.17, 15) is 4.79 Å². The van der Waals surface area contributed by atoms with Crippen LogP contribution in [0.5, 0.6) is 17.2 Å². The molecule has 0 heterocycles. The third-order valence-electron chi connectivity index (χ3n) is 4.05. The summed E-state index contributed by atoms with van der Waals surface area (Å²) in [6.07, 6.45) is 0. The van der Waals surface area contributed by atoms with Crippen molar-refractivity contribution < 1.29 is 19.0 Å². The molecule has 0 spiro atoms. The summed E-state index contributed by atoms with van der Waals surface area (Å²) in [7, 11) is 3.01. The molecule has 0 radical (unpaired) electrons. The highest BCUT2D eigenvalue weighted by Gasteiger charge is 2.20. The summed E-state index contributed by atoms with van der Waals surface area (Å²) >= 11 is 6.09. The fraction of sp³-hybridized carbons (Fsp3) is 0.381. The van der Waals surface area contributed by atoms with Crippen molar-refractivity contribution in [2.75, 3.05) is 26.1 Å². The molecule has 6 heteroatoms. The second-order valence-corrected chi connectivity index (χ2v) is 7.68. The molecular weight excluding hydrogens is 366 g/mol. The van der Waals surface area contributed by atoms with Crippen LogP contribution in [-0.2, 0) is 10.2 Å². The van der Waals surface area contributed by atoms with Crippen molar-refractivity contribution in [1.82, 2.24) is 0 Å². The molecule has 1 N–H and O–H groups in total. The summed E-state index contributed by atoms with van der Waals surface area (Å²) < 4.78 is 16.3. The summed E-state index contributed by atoms with van der Waals surface area (Å²) in [5, 5.41) is 3.18. The molecular formula is C21H26ClNO4. The molecule has 0 aliphatic heterocycles. The lowest BCUT2D eigenvalue weighted by Crippen LogP contribution is -2.22. The third kappa shape index (κ3) is 5.30. The van der Waals surface area contributed by atoms with E-state index >= 15 is 0 Å². The van der Waals surface area contributed by atoms with Gasteiger partial charge in [-0.3, -0.25) is 4.79 Å². The van der Waals surface area contributed by atoms with E-state index < -0.39 is 0 Å². The Kier molecular flexibility index (Phi) is 6.60. The van der Waals surface area contributed by atoms with Gasteiger partial charge in [0.15, 0.2) is 6.61 Å². The zero-order valence-corrected chi connectivity index (χ0v) is 17.4. The van der Waals surface area contributed by atoms with E-state index in [4.69, 9.17) is 25.8 Å². The van der Waals surface area contributed by atoms with Crippen molar-refractivity contribution in [3.8, 4) is 17.2 Å². The highest BCUT2D eigenvalue weighted by Crippen LogP contribution is 2.36. The molecule has 2 aromatic carbocycles. The average Bonchev–Trinajstić information content (AvgIpc) is 2.60. The van der Waals surface area contributed by atoms with Gasteiger partial charge in [-0.2, -0.15) is 0 Å². The van der Waals surface area contributed by atoms with Gasteiger partial charge < -0.3 is 19.5 Å². The number of methoxy groups -OCH3 is 2. The van der Waals surface area contributed by atoms with Crippen LogP contribution in [0.3, 0.4) is 0 Å². The first-order chi connectivity index (χ1) is 12.7. The molecule has 0 fully saturated rings. The number of anilines is 1. The van der Waals surface area contributed by atoms with Crippen molar-refractivity contribution in [1.29, 1.82) is 0 Å². The zero-order valence-electron chi connectivity index (χ0n) is 16.6. The van der Waals surface area contributed by atoms with Gasteiger partial charge in [0.05, 0.1) is 24.9 Å². The lowest BCUT2D eigenvalue weighted by Gasteiger charge is -2.23. The molecule has 2 rings (SSSR count). The van der Waals surface area contributed by atoms with Crippen LogP contribution in [0.25, 0.3) is 0 Å². The van der Waals surface area contributed by atoms with Gasteiger partial charge in [0.2, 0.25) is 0 Å². The van der Waals surface area contributed by atoms with Crippen LogP contribution >= 0.6 is 11.6 Å². The molecule has 27 heavy (non-hydrogen) atoms. The molecule has 2 aromatic rings. The molecule has 0 saturated carbocycles. The predicted molar refractivity (Wildman–Crippen MR) is 109 cm³/mol. The second kappa shape index (κ2) is 8.53. The van der Waals surface area contributed by atoms with Gasteiger partial charge in [-0.15, -0.1) is 0 Å². The second-order valence-electron chi connectivity index (χ2n) is 7.27. The number of rotatable bonds is 6. The van der Waals surface area contributed by atoms with Crippen molar-refractivity contribution in [2.45, 2.75) is 33.1 Å². The SMILES string of the molecule is COc1cc(NC(=O)COc2cc(C)ccc2C(C)(C)C)c(OC)cc1Cl. The highest BCUT2D eigenvalue weighted by molar-refractivity contribution is 6.32. The first-order valence-corrected chi connectivity index (χ1v) is 8.98. The van der Waals surface area contributed by atoms with Gasteiger partial charge in [0.1, 0.15) is 17.2 Å². The van der Waals surface area contributed by atoms with Gasteiger partial charge >= 0.3 is 0 Å². The molecule has 1 amide bonds. The Morgan fingerprint density at radius 2 is 1.70 bits per heavy atom. The number of hydrogen-bond donors (Lipinski definition) is 1. The summed E-state index contributed by atoms with van der Waals surface area (Å²) in [6.45, 7) is 8.19. The van der Waals surface area contributed by atoms with Crippen molar-refractivity contribution in [2.24, 2.45) is 0 Å². The van der Waals surface area contributed by atoms with Crippen LogP contribution in [-0.4, -0.2) is 26.7 Å². The van der Waals surface area contributed by atoms with Gasteiger partial charge in [0, 0.05) is 12.1 Å². The number of halogens is 1. The fourth-order valence-corrected chi connectivity index (χ4v) is 2.89. The van der Waals surface area contributed by atoms with Gasteiger partial charge in [0.25, 0.3) is 5.91 Å². The number of nitrogens with one attached hydrogen (secondary N) is 1. The quantitative estimate of drug-likeness (QED) is 0.754. The first-order valence-electron chi connectivity index (χ1n) is 8.61. The lowest BCUT2D eigenvalue weighted by molar-refractivity contribution is -0.118. The Morgan fingerprint density at radius 3 is 2.30 bits per heavy atom. The Labute approximate surface area is 165 Å². The molecule has 0 aromatic heterocycles. The van der Waals surface area contributed by atoms with Crippen LogP contribution in [0.2, 0.25) is 5.02 Å². The molecule has 5 nitrogen and oxygen atoms in total. The minimum atomic E-state index is -0.306. The number of hydrogen-bond acceptors (Lipinski definition) is 4. The summed E-state index contributed by atoms with van der Waals surface area (Å²) in [4.78, 5) is 12.4. The minimum Gasteiger partial charge on any atom is -0.495 e. The molecule has 0 unspecified atom stereocenters. The van der Waals surface area contributed by atoms with E-state index in [1.54, 1.807) is 12.1 Å². The number of benzene rings is 2. The number of amides is 1. The Hall–Kier alpha value is -2.40. The van der Waals surface area contributed by atoms with E-state index in [2.05, 4.69) is 26.1 Å². The standard InChI is InChI=1S/C21H26ClNO4/c1-13-7-8-14(21(2,3)4)17(9-13)27-12-20(24)23-16-11-18(25-5)15(22)10-19(16)26-6/h7-11H,12H2,1-6H3,(H,23,24). The number of carbonyl (C=O) groups is 1. The normalized spacial score (nSPS) is 11.1. The smallest absolute Gasteiger partial charge is 0.262 e.